The van der Waals surface area contributed by atoms with E-state index in [1.165, 1.54) is 12.1 Å². The van der Waals surface area contributed by atoms with Crippen molar-refractivity contribution in [2.24, 2.45) is 0 Å². The van der Waals surface area contributed by atoms with Crippen molar-refractivity contribution < 1.29 is 32.2 Å². The van der Waals surface area contributed by atoms with Gasteiger partial charge < -0.3 is 19.1 Å². The van der Waals surface area contributed by atoms with E-state index in [1.807, 2.05) is 13.8 Å². The maximum atomic E-state index is 12.7. The number of esters is 1. The van der Waals surface area contributed by atoms with Gasteiger partial charge in [0.2, 0.25) is 6.79 Å². The Bertz CT molecular complexity index is 836. The average Bonchev–Trinajstić information content (AvgIpc) is 3.24. The Hall–Kier alpha value is -2.29. The van der Waals surface area contributed by atoms with E-state index in [0.717, 1.165) is 0 Å². The van der Waals surface area contributed by atoms with Crippen molar-refractivity contribution >= 4 is 21.7 Å². The molecule has 27 heavy (non-hydrogen) atoms. The molecule has 1 fully saturated rings. The molecule has 9 heteroatoms. The standard InChI is InChI=1S/C18H23NO7S/c1-3-12(2)19(14-6-7-27(22,23)10-14)17(20)9-24-18(21)13-4-5-15-16(8-13)26-11-25-15/h4-5,8,12,14H,3,6-7,9-11H2,1-2H3. The SMILES string of the molecule is CCC(C)N(C(=O)COC(=O)c1ccc2c(c1)OCO2)C1CCS(=O)(=O)C1. The first-order valence-electron chi connectivity index (χ1n) is 8.89. The van der Waals surface area contributed by atoms with Crippen LogP contribution in [-0.2, 0) is 19.4 Å². The Labute approximate surface area is 158 Å². The Balaban J connectivity index is 1.64. The van der Waals surface area contributed by atoms with Crippen LogP contribution in [-0.4, -0.2) is 62.2 Å². The summed E-state index contributed by atoms with van der Waals surface area (Å²) in [6.07, 6.45) is 1.09. The fourth-order valence-electron chi connectivity index (χ4n) is 3.31. The lowest BCUT2D eigenvalue weighted by Gasteiger charge is -2.33. The summed E-state index contributed by atoms with van der Waals surface area (Å²) < 4.78 is 39.1. The number of amides is 1. The summed E-state index contributed by atoms with van der Waals surface area (Å²) in [4.78, 5) is 26.5. The van der Waals surface area contributed by atoms with Crippen molar-refractivity contribution in [3.63, 3.8) is 0 Å². The number of carbonyl (C=O) groups is 2. The summed E-state index contributed by atoms with van der Waals surface area (Å²) >= 11 is 0. The van der Waals surface area contributed by atoms with Gasteiger partial charge in [0.1, 0.15) is 0 Å². The third kappa shape index (κ3) is 4.35. The number of hydrogen-bond acceptors (Lipinski definition) is 7. The van der Waals surface area contributed by atoms with Gasteiger partial charge in [-0.2, -0.15) is 0 Å². The van der Waals surface area contributed by atoms with E-state index in [4.69, 9.17) is 14.2 Å². The molecule has 0 bridgehead atoms. The summed E-state index contributed by atoms with van der Waals surface area (Å²) in [6.45, 7) is 3.45. The lowest BCUT2D eigenvalue weighted by Crippen LogP contribution is -2.48. The molecule has 0 saturated carbocycles. The second kappa shape index (κ2) is 7.75. The van der Waals surface area contributed by atoms with E-state index >= 15 is 0 Å². The van der Waals surface area contributed by atoms with Gasteiger partial charge >= 0.3 is 5.97 Å². The van der Waals surface area contributed by atoms with Gasteiger partial charge in [0, 0.05) is 12.1 Å². The minimum absolute atomic E-state index is 0.0425. The van der Waals surface area contributed by atoms with Crippen LogP contribution >= 0.6 is 0 Å². The first-order valence-corrected chi connectivity index (χ1v) is 10.7. The molecule has 148 valence electrons. The number of nitrogens with zero attached hydrogens (tertiary/aromatic N) is 1. The van der Waals surface area contributed by atoms with E-state index in [-0.39, 0.29) is 41.9 Å². The van der Waals surface area contributed by atoms with Crippen LogP contribution in [0.5, 0.6) is 11.5 Å². The van der Waals surface area contributed by atoms with Gasteiger partial charge in [0.15, 0.2) is 27.9 Å². The first kappa shape index (κ1) is 19.5. The molecular formula is C18H23NO7S. The maximum Gasteiger partial charge on any atom is 0.338 e. The molecule has 2 heterocycles. The van der Waals surface area contributed by atoms with Crippen LogP contribution < -0.4 is 9.47 Å². The monoisotopic (exact) mass is 397 g/mol. The van der Waals surface area contributed by atoms with Crippen LogP contribution in [0.15, 0.2) is 18.2 Å². The molecule has 0 aromatic heterocycles. The molecular weight excluding hydrogens is 374 g/mol. The Morgan fingerprint density at radius 3 is 2.70 bits per heavy atom. The van der Waals surface area contributed by atoms with E-state index < -0.39 is 22.4 Å². The minimum atomic E-state index is -3.12. The second-order valence-electron chi connectivity index (χ2n) is 6.76. The summed E-state index contributed by atoms with van der Waals surface area (Å²) in [5.41, 5.74) is 0.255. The zero-order chi connectivity index (χ0) is 19.6. The van der Waals surface area contributed by atoms with Gasteiger partial charge in [-0.3, -0.25) is 4.79 Å². The second-order valence-corrected chi connectivity index (χ2v) is 8.99. The maximum absolute atomic E-state index is 12.7. The number of ether oxygens (including phenoxy) is 3. The fraction of sp³-hybridized carbons (Fsp3) is 0.556. The van der Waals surface area contributed by atoms with E-state index in [2.05, 4.69) is 0 Å². The van der Waals surface area contributed by atoms with Crippen LogP contribution in [0, 0.1) is 0 Å². The van der Waals surface area contributed by atoms with Crippen molar-refractivity contribution in [1.29, 1.82) is 0 Å². The lowest BCUT2D eigenvalue weighted by atomic mass is 10.1. The third-order valence-electron chi connectivity index (χ3n) is 4.89. The van der Waals surface area contributed by atoms with Gasteiger partial charge in [0.05, 0.1) is 17.1 Å². The highest BCUT2D eigenvalue weighted by Crippen LogP contribution is 2.32. The average molecular weight is 397 g/mol. The summed E-state index contributed by atoms with van der Waals surface area (Å²) in [7, 11) is -3.12. The molecule has 1 saturated heterocycles. The molecule has 0 spiro atoms. The number of rotatable bonds is 6. The van der Waals surface area contributed by atoms with Gasteiger partial charge in [-0.15, -0.1) is 0 Å². The van der Waals surface area contributed by atoms with Crippen LogP contribution in [0.3, 0.4) is 0 Å². The van der Waals surface area contributed by atoms with Gasteiger partial charge in [-0.1, -0.05) is 6.92 Å². The molecule has 2 aliphatic heterocycles. The molecule has 1 aromatic carbocycles. The quantitative estimate of drug-likeness (QED) is 0.669. The van der Waals surface area contributed by atoms with Gasteiger partial charge in [0.25, 0.3) is 5.91 Å². The summed E-state index contributed by atoms with van der Waals surface area (Å²) in [5, 5.41) is 0. The largest absolute Gasteiger partial charge is 0.454 e. The molecule has 0 aliphatic carbocycles. The van der Waals surface area contributed by atoms with Gasteiger partial charge in [-0.05, 0) is 38.0 Å². The first-order chi connectivity index (χ1) is 12.8. The number of carbonyl (C=O) groups excluding carboxylic acids is 2. The summed E-state index contributed by atoms with van der Waals surface area (Å²) in [6, 6.07) is 4.14. The van der Waals surface area contributed by atoms with Gasteiger partial charge in [-0.25, -0.2) is 13.2 Å². The highest BCUT2D eigenvalue weighted by atomic mass is 32.2. The van der Waals surface area contributed by atoms with Crippen molar-refractivity contribution in [3.05, 3.63) is 23.8 Å². The highest BCUT2D eigenvalue weighted by Gasteiger charge is 2.36. The topological polar surface area (TPSA) is 99.2 Å². The van der Waals surface area contributed by atoms with Crippen molar-refractivity contribution in [3.8, 4) is 11.5 Å². The molecule has 2 unspecified atom stereocenters. The van der Waals surface area contributed by atoms with Crippen molar-refractivity contribution in [2.45, 2.75) is 38.8 Å². The van der Waals surface area contributed by atoms with Crippen molar-refractivity contribution in [2.75, 3.05) is 24.9 Å². The normalized spacial score (nSPS) is 20.9. The number of benzene rings is 1. The molecule has 2 atom stereocenters. The number of fused-ring (bicyclic) bond motifs is 1. The lowest BCUT2D eigenvalue weighted by molar-refractivity contribution is -0.138. The van der Waals surface area contributed by atoms with Crippen LogP contribution in [0.1, 0.15) is 37.0 Å². The highest BCUT2D eigenvalue weighted by molar-refractivity contribution is 7.91. The van der Waals surface area contributed by atoms with E-state index in [9.17, 15) is 18.0 Å². The van der Waals surface area contributed by atoms with Crippen molar-refractivity contribution in [1.82, 2.24) is 4.90 Å². The third-order valence-corrected chi connectivity index (χ3v) is 6.64. The molecule has 2 aliphatic rings. The predicted molar refractivity (Wildman–Crippen MR) is 96.5 cm³/mol. The molecule has 8 nitrogen and oxygen atoms in total. The molecule has 0 radical (unpaired) electrons. The molecule has 3 rings (SSSR count). The number of sulfone groups is 1. The predicted octanol–water partition coefficient (Wildman–Crippen LogP) is 1.39. The fourth-order valence-corrected chi connectivity index (χ4v) is 5.02. The zero-order valence-electron chi connectivity index (χ0n) is 15.3. The molecule has 0 N–H and O–H groups in total. The Morgan fingerprint density at radius 2 is 2.04 bits per heavy atom. The minimum Gasteiger partial charge on any atom is -0.454 e. The smallest absolute Gasteiger partial charge is 0.338 e. The summed E-state index contributed by atoms with van der Waals surface area (Å²) in [5.74, 6) is 0.000140. The molecule has 1 aromatic rings. The Kier molecular flexibility index (Phi) is 5.59. The Morgan fingerprint density at radius 1 is 1.30 bits per heavy atom. The number of hydrogen-bond donors (Lipinski definition) is 0. The molecule has 1 amide bonds. The van der Waals surface area contributed by atoms with Crippen LogP contribution in [0.2, 0.25) is 0 Å². The zero-order valence-corrected chi connectivity index (χ0v) is 16.2. The van der Waals surface area contributed by atoms with E-state index in [1.54, 1.807) is 11.0 Å². The van der Waals surface area contributed by atoms with E-state index in [0.29, 0.717) is 24.3 Å². The van der Waals surface area contributed by atoms with Crippen LogP contribution in [0.25, 0.3) is 0 Å². The van der Waals surface area contributed by atoms with Crippen LogP contribution in [0.4, 0.5) is 0 Å².